The van der Waals surface area contributed by atoms with Crippen LogP contribution in [-0.4, -0.2) is 30.3 Å². The van der Waals surface area contributed by atoms with Crippen molar-refractivity contribution < 1.29 is 31.3 Å². The number of carbonyl (C=O) groups is 1. The zero-order valence-corrected chi connectivity index (χ0v) is 11.2. The fourth-order valence-electron chi connectivity index (χ4n) is 1.27. The summed E-state index contributed by atoms with van der Waals surface area (Å²) in [6.45, 7) is 3.40. The standard InChI is InChI=1S/C10H18F2O5S/c1-3-4-5-6-7-8(2)17-9(13)10(11,12)18(14,15)16/h8H,3-7H2,1-2H3,(H,14,15,16). The van der Waals surface area contributed by atoms with Crippen LogP contribution >= 0.6 is 0 Å². The SMILES string of the molecule is CCCCCCC(C)OC(=O)C(F)(F)S(=O)(=O)O. The van der Waals surface area contributed by atoms with Crippen LogP contribution in [0.4, 0.5) is 8.78 Å². The minimum Gasteiger partial charge on any atom is -0.457 e. The molecule has 8 heteroatoms. The monoisotopic (exact) mass is 288 g/mol. The fourth-order valence-corrected chi connectivity index (χ4v) is 1.53. The Morgan fingerprint density at radius 3 is 2.33 bits per heavy atom. The second-order valence-corrected chi connectivity index (χ2v) is 5.52. The normalized spacial score (nSPS) is 14.3. The summed E-state index contributed by atoms with van der Waals surface area (Å²) < 4.78 is 58.7. The van der Waals surface area contributed by atoms with E-state index in [4.69, 9.17) is 4.55 Å². The van der Waals surface area contributed by atoms with Crippen LogP contribution in [0.3, 0.4) is 0 Å². The third-order valence-corrected chi connectivity index (χ3v) is 3.15. The van der Waals surface area contributed by atoms with Gasteiger partial charge in [0.05, 0.1) is 6.10 Å². The maximum absolute atomic E-state index is 12.8. The van der Waals surface area contributed by atoms with E-state index in [2.05, 4.69) is 4.74 Å². The van der Waals surface area contributed by atoms with E-state index in [1.807, 2.05) is 6.92 Å². The Morgan fingerprint density at radius 2 is 1.89 bits per heavy atom. The van der Waals surface area contributed by atoms with Crippen LogP contribution in [0.1, 0.15) is 46.0 Å². The first-order valence-electron chi connectivity index (χ1n) is 5.68. The lowest BCUT2D eigenvalue weighted by atomic mass is 10.1. The second-order valence-electron chi connectivity index (χ2n) is 4.06. The van der Waals surface area contributed by atoms with Crippen molar-refractivity contribution in [2.45, 2.75) is 57.3 Å². The average molecular weight is 288 g/mol. The van der Waals surface area contributed by atoms with Gasteiger partial charge in [-0.05, 0) is 19.8 Å². The van der Waals surface area contributed by atoms with Gasteiger partial charge in [0.15, 0.2) is 0 Å². The number of hydrogen-bond donors (Lipinski definition) is 1. The summed E-state index contributed by atoms with van der Waals surface area (Å²) in [6, 6.07) is 0. The number of halogens is 2. The second kappa shape index (κ2) is 6.98. The first-order chi connectivity index (χ1) is 8.13. The van der Waals surface area contributed by atoms with Gasteiger partial charge >= 0.3 is 21.3 Å². The summed E-state index contributed by atoms with van der Waals surface area (Å²) in [5, 5.41) is -4.91. The predicted octanol–water partition coefficient (Wildman–Crippen LogP) is 2.37. The lowest BCUT2D eigenvalue weighted by Crippen LogP contribution is -2.40. The summed E-state index contributed by atoms with van der Waals surface area (Å²) in [7, 11) is -5.78. The Balaban J connectivity index is 4.24. The zero-order valence-electron chi connectivity index (χ0n) is 10.4. The van der Waals surface area contributed by atoms with E-state index in [-0.39, 0.29) is 0 Å². The Bertz CT molecular complexity index is 366. The molecule has 0 aliphatic carbocycles. The first kappa shape index (κ1) is 17.2. The number of unbranched alkanes of at least 4 members (excludes halogenated alkanes) is 3. The predicted molar refractivity (Wildman–Crippen MR) is 60.8 cm³/mol. The van der Waals surface area contributed by atoms with Gasteiger partial charge in [0.1, 0.15) is 0 Å². The van der Waals surface area contributed by atoms with Gasteiger partial charge in [-0.2, -0.15) is 17.2 Å². The van der Waals surface area contributed by atoms with Crippen molar-refractivity contribution in [2.24, 2.45) is 0 Å². The van der Waals surface area contributed by atoms with E-state index >= 15 is 0 Å². The average Bonchev–Trinajstić information content (AvgIpc) is 2.22. The molecule has 1 N–H and O–H groups in total. The van der Waals surface area contributed by atoms with Crippen molar-refractivity contribution in [1.29, 1.82) is 0 Å². The number of esters is 1. The molecule has 5 nitrogen and oxygen atoms in total. The van der Waals surface area contributed by atoms with Crippen LogP contribution in [0, 0.1) is 0 Å². The Labute approximate surface area is 105 Å². The number of carbonyl (C=O) groups excluding carboxylic acids is 1. The van der Waals surface area contributed by atoms with Crippen LogP contribution < -0.4 is 0 Å². The summed E-state index contributed by atoms with van der Waals surface area (Å²) >= 11 is 0. The molecule has 0 aliphatic heterocycles. The van der Waals surface area contributed by atoms with Gasteiger partial charge in [-0.25, -0.2) is 4.79 Å². The van der Waals surface area contributed by atoms with Crippen LogP contribution in [0.2, 0.25) is 0 Å². The van der Waals surface area contributed by atoms with Gasteiger partial charge < -0.3 is 4.74 Å². The highest BCUT2D eigenvalue weighted by Crippen LogP contribution is 2.23. The summed E-state index contributed by atoms with van der Waals surface area (Å²) in [5.41, 5.74) is 0. The van der Waals surface area contributed by atoms with E-state index in [0.29, 0.717) is 12.8 Å². The van der Waals surface area contributed by atoms with Crippen molar-refractivity contribution in [1.82, 2.24) is 0 Å². The molecule has 0 aromatic carbocycles. The van der Waals surface area contributed by atoms with Crippen LogP contribution in [0.15, 0.2) is 0 Å². The molecule has 0 bridgehead atoms. The van der Waals surface area contributed by atoms with E-state index in [1.54, 1.807) is 0 Å². The molecule has 0 saturated heterocycles. The molecular formula is C10H18F2O5S. The quantitative estimate of drug-likeness (QED) is 0.421. The highest BCUT2D eigenvalue weighted by Gasteiger charge is 2.54. The molecule has 0 saturated carbocycles. The molecule has 0 heterocycles. The Hall–Kier alpha value is -0.760. The zero-order chi connectivity index (χ0) is 14.4. The molecule has 1 unspecified atom stereocenters. The topological polar surface area (TPSA) is 80.7 Å². The van der Waals surface area contributed by atoms with E-state index < -0.39 is 27.4 Å². The maximum Gasteiger partial charge on any atom is 0.465 e. The molecular weight excluding hydrogens is 270 g/mol. The van der Waals surface area contributed by atoms with Gasteiger partial charge in [0.25, 0.3) is 0 Å². The molecule has 0 aromatic heterocycles. The third-order valence-electron chi connectivity index (χ3n) is 2.33. The maximum atomic E-state index is 12.8. The Morgan fingerprint density at radius 1 is 1.33 bits per heavy atom. The highest BCUT2D eigenvalue weighted by molar-refractivity contribution is 7.87. The summed E-state index contributed by atoms with van der Waals surface area (Å²) in [6.07, 6.45) is 3.12. The molecule has 1 atom stereocenters. The van der Waals surface area contributed by atoms with Gasteiger partial charge in [-0.3, -0.25) is 4.55 Å². The van der Waals surface area contributed by atoms with Crippen molar-refractivity contribution in [3.05, 3.63) is 0 Å². The minimum absolute atomic E-state index is 0.368. The molecule has 0 aliphatic rings. The highest BCUT2D eigenvalue weighted by atomic mass is 32.2. The molecule has 0 fully saturated rings. The van der Waals surface area contributed by atoms with E-state index in [1.165, 1.54) is 6.92 Å². The minimum atomic E-state index is -5.78. The molecule has 0 aromatic rings. The molecule has 0 amide bonds. The number of alkyl halides is 2. The first-order valence-corrected chi connectivity index (χ1v) is 7.12. The molecule has 0 spiro atoms. The number of rotatable bonds is 8. The van der Waals surface area contributed by atoms with E-state index in [9.17, 15) is 22.0 Å². The molecule has 18 heavy (non-hydrogen) atoms. The molecule has 108 valence electrons. The number of ether oxygens (including phenoxy) is 1. The van der Waals surface area contributed by atoms with Gasteiger partial charge in [-0.1, -0.05) is 26.2 Å². The molecule has 0 radical (unpaired) electrons. The largest absolute Gasteiger partial charge is 0.465 e. The smallest absolute Gasteiger partial charge is 0.457 e. The van der Waals surface area contributed by atoms with E-state index in [0.717, 1.165) is 19.3 Å². The van der Waals surface area contributed by atoms with Gasteiger partial charge in [0, 0.05) is 0 Å². The van der Waals surface area contributed by atoms with Crippen molar-refractivity contribution >= 4 is 16.1 Å². The van der Waals surface area contributed by atoms with Crippen LogP contribution in [0.25, 0.3) is 0 Å². The van der Waals surface area contributed by atoms with Gasteiger partial charge in [-0.15, -0.1) is 0 Å². The van der Waals surface area contributed by atoms with Gasteiger partial charge in [0.2, 0.25) is 0 Å². The van der Waals surface area contributed by atoms with Crippen molar-refractivity contribution in [2.75, 3.05) is 0 Å². The van der Waals surface area contributed by atoms with Crippen LogP contribution in [-0.2, 0) is 19.6 Å². The Kier molecular flexibility index (Phi) is 6.69. The molecule has 0 rings (SSSR count). The number of hydrogen-bond acceptors (Lipinski definition) is 4. The van der Waals surface area contributed by atoms with Crippen LogP contribution in [0.5, 0.6) is 0 Å². The summed E-state index contributed by atoms with van der Waals surface area (Å²) in [4.78, 5) is 10.9. The van der Waals surface area contributed by atoms with Crippen molar-refractivity contribution in [3.63, 3.8) is 0 Å². The third kappa shape index (κ3) is 5.26. The summed E-state index contributed by atoms with van der Waals surface area (Å²) in [5.74, 6) is -2.24. The van der Waals surface area contributed by atoms with Crippen molar-refractivity contribution in [3.8, 4) is 0 Å². The fraction of sp³-hybridized carbons (Fsp3) is 0.900. The lowest BCUT2D eigenvalue weighted by Gasteiger charge is -2.16. The lowest BCUT2D eigenvalue weighted by molar-refractivity contribution is -0.166.